The number of fused-ring (bicyclic) bond motifs is 3. The Bertz CT molecular complexity index is 546. The lowest BCUT2D eigenvalue weighted by Gasteiger charge is -2.14. The number of aromatic nitrogens is 1. The highest BCUT2D eigenvalue weighted by Crippen LogP contribution is 2.33. The molecule has 0 fully saturated rings. The third kappa shape index (κ3) is 1.48. The summed E-state index contributed by atoms with van der Waals surface area (Å²) in [5.74, 6) is 0.847. The molecule has 2 aromatic rings. The van der Waals surface area contributed by atoms with Gasteiger partial charge in [-0.3, -0.25) is 4.98 Å². The third-order valence-corrected chi connectivity index (χ3v) is 2.67. The molecule has 0 saturated carbocycles. The van der Waals surface area contributed by atoms with Gasteiger partial charge in [0.25, 0.3) is 0 Å². The fraction of sp³-hybridized carbons (Fsp3) is 0.0714. The number of nitrogens with zero attached hydrogens (tertiary/aromatic N) is 1. The summed E-state index contributed by atoms with van der Waals surface area (Å²) in [5.41, 5.74) is 3.52. The van der Waals surface area contributed by atoms with Gasteiger partial charge in [0, 0.05) is 11.8 Å². The lowest BCUT2D eigenvalue weighted by Crippen LogP contribution is -1.99. The van der Waals surface area contributed by atoms with E-state index < -0.39 is 0 Å². The minimum Gasteiger partial charge on any atom is -0.487 e. The van der Waals surface area contributed by atoms with Gasteiger partial charge in [0.05, 0.1) is 6.20 Å². The molecular formula is C14H11NO. The lowest BCUT2D eigenvalue weighted by atomic mass is 9.99. The Hall–Kier alpha value is -2.09. The summed E-state index contributed by atoms with van der Waals surface area (Å²) in [4.78, 5) is 4.09. The average Bonchev–Trinajstić information content (AvgIpc) is 2.33. The second-order valence-corrected chi connectivity index (χ2v) is 3.67. The zero-order valence-corrected chi connectivity index (χ0v) is 8.76. The van der Waals surface area contributed by atoms with Gasteiger partial charge in [0.15, 0.2) is 0 Å². The Labute approximate surface area is 94.2 Å². The van der Waals surface area contributed by atoms with E-state index in [0.717, 1.165) is 11.3 Å². The van der Waals surface area contributed by atoms with Gasteiger partial charge in [0.1, 0.15) is 12.4 Å². The minimum atomic E-state index is 0.590. The van der Waals surface area contributed by atoms with E-state index in [4.69, 9.17) is 4.74 Å². The van der Waals surface area contributed by atoms with Crippen molar-refractivity contribution in [1.82, 2.24) is 4.98 Å². The summed E-state index contributed by atoms with van der Waals surface area (Å²) >= 11 is 0. The zero-order valence-electron chi connectivity index (χ0n) is 8.76. The van der Waals surface area contributed by atoms with E-state index in [1.165, 1.54) is 11.1 Å². The van der Waals surface area contributed by atoms with Crippen LogP contribution in [0.2, 0.25) is 0 Å². The van der Waals surface area contributed by atoms with Crippen LogP contribution in [0.5, 0.6) is 5.75 Å². The van der Waals surface area contributed by atoms with Gasteiger partial charge < -0.3 is 4.74 Å². The molecule has 16 heavy (non-hydrogen) atoms. The van der Waals surface area contributed by atoms with E-state index in [1.807, 2.05) is 24.3 Å². The summed E-state index contributed by atoms with van der Waals surface area (Å²) in [6, 6.07) is 10.3. The maximum Gasteiger partial charge on any atom is 0.145 e. The summed E-state index contributed by atoms with van der Waals surface area (Å²) in [5, 5.41) is 0. The van der Waals surface area contributed by atoms with Gasteiger partial charge in [-0.05, 0) is 23.3 Å². The Kier molecular flexibility index (Phi) is 2.18. The smallest absolute Gasteiger partial charge is 0.145 e. The molecule has 1 aliphatic rings. The standard InChI is InChI=1S/C14H11NO/c1-2-6-12-11(4-1)5-3-9-16-14-10-15-8-7-13(12)14/h1-8,10H,9H2. The number of rotatable bonds is 0. The van der Waals surface area contributed by atoms with Crippen molar-refractivity contribution in [3.63, 3.8) is 0 Å². The Morgan fingerprint density at radius 2 is 2.00 bits per heavy atom. The van der Waals surface area contributed by atoms with Crippen LogP contribution in [-0.4, -0.2) is 11.6 Å². The van der Waals surface area contributed by atoms with E-state index in [2.05, 4.69) is 23.2 Å². The van der Waals surface area contributed by atoms with E-state index in [1.54, 1.807) is 12.4 Å². The number of benzene rings is 1. The van der Waals surface area contributed by atoms with Crippen molar-refractivity contribution in [2.24, 2.45) is 0 Å². The maximum absolute atomic E-state index is 5.64. The molecule has 2 nitrogen and oxygen atoms in total. The van der Waals surface area contributed by atoms with E-state index >= 15 is 0 Å². The molecule has 0 radical (unpaired) electrons. The van der Waals surface area contributed by atoms with E-state index in [-0.39, 0.29) is 0 Å². The molecule has 0 saturated heterocycles. The SMILES string of the molecule is C1=Cc2ccccc2-c2ccncc2OC1. The molecule has 0 atom stereocenters. The highest BCUT2D eigenvalue weighted by molar-refractivity contribution is 5.79. The molecule has 0 amide bonds. The van der Waals surface area contributed by atoms with Crippen molar-refractivity contribution < 1.29 is 4.74 Å². The quantitative estimate of drug-likeness (QED) is 0.665. The van der Waals surface area contributed by atoms with Gasteiger partial charge in [-0.15, -0.1) is 0 Å². The first-order chi connectivity index (χ1) is 7.95. The van der Waals surface area contributed by atoms with E-state index in [0.29, 0.717) is 6.61 Å². The number of hydrogen-bond acceptors (Lipinski definition) is 2. The molecule has 0 spiro atoms. The first kappa shape index (κ1) is 9.16. The van der Waals surface area contributed by atoms with Crippen LogP contribution >= 0.6 is 0 Å². The molecule has 0 unspecified atom stereocenters. The Balaban J connectivity index is 2.28. The van der Waals surface area contributed by atoms with Crippen LogP contribution in [0.1, 0.15) is 5.56 Å². The van der Waals surface area contributed by atoms with Crippen molar-refractivity contribution in [1.29, 1.82) is 0 Å². The fourth-order valence-electron chi connectivity index (χ4n) is 1.92. The predicted octanol–water partition coefficient (Wildman–Crippen LogP) is 3.15. The largest absolute Gasteiger partial charge is 0.487 e. The molecule has 1 aromatic carbocycles. The fourth-order valence-corrected chi connectivity index (χ4v) is 1.92. The van der Waals surface area contributed by atoms with Crippen molar-refractivity contribution in [3.05, 3.63) is 54.4 Å². The summed E-state index contributed by atoms with van der Waals surface area (Å²) in [6.07, 6.45) is 7.68. The topological polar surface area (TPSA) is 22.1 Å². The van der Waals surface area contributed by atoms with Crippen LogP contribution in [-0.2, 0) is 0 Å². The Morgan fingerprint density at radius 1 is 1.06 bits per heavy atom. The molecule has 0 aliphatic carbocycles. The molecule has 2 heteroatoms. The molecule has 3 rings (SSSR count). The first-order valence-corrected chi connectivity index (χ1v) is 5.28. The maximum atomic E-state index is 5.64. The predicted molar refractivity (Wildman–Crippen MR) is 64.2 cm³/mol. The van der Waals surface area contributed by atoms with Crippen molar-refractivity contribution >= 4 is 6.08 Å². The van der Waals surface area contributed by atoms with Crippen LogP contribution in [0.3, 0.4) is 0 Å². The second-order valence-electron chi connectivity index (χ2n) is 3.67. The van der Waals surface area contributed by atoms with E-state index in [9.17, 15) is 0 Å². The third-order valence-electron chi connectivity index (χ3n) is 2.67. The number of ether oxygens (including phenoxy) is 1. The molecule has 0 bridgehead atoms. The van der Waals surface area contributed by atoms with Gasteiger partial charge >= 0.3 is 0 Å². The van der Waals surface area contributed by atoms with Crippen LogP contribution in [0, 0.1) is 0 Å². The number of hydrogen-bond donors (Lipinski definition) is 0. The Morgan fingerprint density at radius 3 is 3.00 bits per heavy atom. The zero-order chi connectivity index (χ0) is 10.8. The van der Waals surface area contributed by atoms with Gasteiger partial charge in [-0.1, -0.05) is 30.3 Å². The van der Waals surface area contributed by atoms with Crippen LogP contribution in [0.15, 0.2) is 48.8 Å². The van der Waals surface area contributed by atoms with Crippen molar-refractivity contribution in [3.8, 4) is 16.9 Å². The molecule has 2 heterocycles. The molecule has 78 valence electrons. The summed E-state index contributed by atoms with van der Waals surface area (Å²) in [7, 11) is 0. The van der Waals surface area contributed by atoms with Crippen LogP contribution < -0.4 is 4.74 Å². The normalized spacial score (nSPS) is 13.0. The highest BCUT2D eigenvalue weighted by Gasteiger charge is 2.10. The minimum absolute atomic E-state index is 0.590. The lowest BCUT2D eigenvalue weighted by molar-refractivity contribution is 0.363. The van der Waals surface area contributed by atoms with Crippen LogP contribution in [0.4, 0.5) is 0 Å². The summed E-state index contributed by atoms with van der Waals surface area (Å²) in [6.45, 7) is 0.590. The average molecular weight is 209 g/mol. The second kappa shape index (κ2) is 3.81. The van der Waals surface area contributed by atoms with Crippen molar-refractivity contribution in [2.45, 2.75) is 0 Å². The monoisotopic (exact) mass is 209 g/mol. The van der Waals surface area contributed by atoms with Gasteiger partial charge in [0.2, 0.25) is 0 Å². The van der Waals surface area contributed by atoms with Gasteiger partial charge in [-0.25, -0.2) is 0 Å². The summed E-state index contributed by atoms with van der Waals surface area (Å²) < 4.78 is 5.64. The van der Waals surface area contributed by atoms with Crippen molar-refractivity contribution in [2.75, 3.05) is 6.61 Å². The molecular weight excluding hydrogens is 198 g/mol. The molecule has 0 N–H and O–H groups in total. The van der Waals surface area contributed by atoms with Crippen LogP contribution in [0.25, 0.3) is 17.2 Å². The first-order valence-electron chi connectivity index (χ1n) is 5.28. The molecule has 1 aromatic heterocycles. The van der Waals surface area contributed by atoms with Gasteiger partial charge in [-0.2, -0.15) is 0 Å². The molecule has 1 aliphatic heterocycles. The highest BCUT2D eigenvalue weighted by atomic mass is 16.5. The number of pyridine rings is 1.